The first kappa shape index (κ1) is 12.9. The highest BCUT2D eigenvalue weighted by Crippen LogP contribution is 2.02. The molecule has 0 aliphatic heterocycles. The minimum Gasteiger partial charge on any atom is -0.345 e. The first-order valence-corrected chi connectivity index (χ1v) is 5.44. The lowest BCUT2D eigenvalue weighted by atomic mass is 10.3. The van der Waals surface area contributed by atoms with Crippen LogP contribution in [0.2, 0.25) is 0 Å². The number of aromatic nitrogens is 2. The zero-order valence-electron chi connectivity index (χ0n) is 9.84. The molecule has 0 spiro atoms. The van der Waals surface area contributed by atoms with Gasteiger partial charge in [0.15, 0.2) is 0 Å². The van der Waals surface area contributed by atoms with Gasteiger partial charge < -0.3 is 5.32 Å². The number of amides is 1. The van der Waals surface area contributed by atoms with E-state index in [-0.39, 0.29) is 6.73 Å². The summed E-state index contributed by atoms with van der Waals surface area (Å²) >= 11 is 0. The molecule has 1 amide bonds. The summed E-state index contributed by atoms with van der Waals surface area (Å²) in [5.41, 5.74) is 2.60. The van der Waals surface area contributed by atoms with Gasteiger partial charge in [-0.05, 0) is 24.3 Å². The zero-order valence-corrected chi connectivity index (χ0v) is 9.84. The van der Waals surface area contributed by atoms with Crippen LogP contribution >= 0.6 is 0 Å². The molecule has 0 unspecified atom stereocenters. The van der Waals surface area contributed by atoms with E-state index in [1.807, 2.05) is 0 Å². The molecule has 6 nitrogen and oxygen atoms in total. The number of carbonyl (C=O) groups excluding carboxylic acids is 1. The van der Waals surface area contributed by atoms with E-state index in [1.165, 1.54) is 18.3 Å². The summed E-state index contributed by atoms with van der Waals surface area (Å²) < 4.78 is 12.8. The Bertz CT molecular complexity index is 550. The molecule has 0 aliphatic carbocycles. The Balaban J connectivity index is 1.74. The molecule has 2 N–H and O–H groups in total. The molecule has 0 aromatic carbocycles. The third-order valence-corrected chi connectivity index (χ3v) is 2.13. The minimum absolute atomic E-state index is 0.0392. The van der Waals surface area contributed by atoms with Crippen molar-refractivity contribution >= 4 is 11.7 Å². The molecular weight excluding hydrogens is 251 g/mol. The monoisotopic (exact) mass is 262 g/mol. The topological polar surface area (TPSA) is 76.1 Å². The standard InChI is InChI=1S/C12H11FN4O2/c13-10-4-1-5-11(16-10)15-8-19-17-12(18)9-3-2-6-14-7-9/h1-7H,8H2,(H,15,16)(H,17,18). The first-order valence-electron chi connectivity index (χ1n) is 5.44. The van der Waals surface area contributed by atoms with Gasteiger partial charge in [0.05, 0.1) is 5.56 Å². The van der Waals surface area contributed by atoms with Crippen LogP contribution in [0, 0.1) is 5.95 Å². The summed E-state index contributed by atoms with van der Waals surface area (Å²) in [5, 5.41) is 2.69. The number of rotatable bonds is 5. The molecule has 0 fully saturated rings. The smallest absolute Gasteiger partial charge is 0.276 e. The average molecular weight is 262 g/mol. The highest BCUT2D eigenvalue weighted by molar-refractivity contribution is 5.92. The van der Waals surface area contributed by atoms with Gasteiger partial charge in [-0.2, -0.15) is 4.39 Å². The second-order valence-corrected chi connectivity index (χ2v) is 3.48. The number of hydrogen-bond donors (Lipinski definition) is 2. The van der Waals surface area contributed by atoms with E-state index in [2.05, 4.69) is 20.8 Å². The van der Waals surface area contributed by atoms with Gasteiger partial charge in [-0.15, -0.1) is 0 Å². The fraction of sp³-hybridized carbons (Fsp3) is 0.0833. The normalized spacial score (nSPS) is 9.95. The highest BCUT2D eigenvalue weighted by atomic mass is 19.1. The molecule has 0 atom stereocenters. The molecule has 2 aromatic heterocycles. The van der Waals surface area contributed by atoms with Crippen LogP contribution in [0.5, 0.6) is 0 Å². The molecule has 98 valence electrons. The maximum atomic E-state index is 12.8. The minimum atomic E-state index is -0.593. The number of hydrogen-bond acceptors (Lipinski definition) is 5. The Morgan fingerprint density at radius 2 is 2.21 bits per heavy atom. The summed E-state index contributed by atoms with van der Waals surface area (Å²) in [6.45, 7) is -0.0392. The molecule has 0 bridgehead atoms. The van der Waals surface area contributed by atoms with E-state index in [9.17, 15) is 9.18 Å². The van der Waals surface area contributed by atoms with Crippen LogP contribution in [0.4, 0.5) is 10.2 Å². The second-order valence-electron chi connectivity index (χ2n) is 3.48. The van der Waals surface area contributed by atoms with Crippen molar-refractivity contribution in [3.63, 3.8) is 0 Å². The van der Waals surface area contributed by atoms with E-state index >= 15 is 0 Å². The van der Waals surface area contributed by atoms with Gasteiger partial charge in [0.2, 0.25) is 5.95 Å². The van der Waals surface area contributed by atoms with Crippen LogP contribution in [0.1, 0.15) is 10.4 Å². The van der Waals surface area contributed by atoms with E-state index in [1.54, 1.807) is 24.4 Å². The summed E-state index contributed by atoms with van der Waals surface area (Å²) in [7, 11) is 0. The summed E-state index contributed by atoms with van der Waals surface area (Å²) in [5.74, 6) is -0.692. The zero-order chi connectivity index (χ0) is 13.5. The highest BCUT2D eigenvalue weighted by Gasteiger charge is 2.04. The molecule has 2 heterocycles. The van der Waals surface area contributed by atoms with Crippen LogP contribution in [0.15, 0.2) is 42.7 Å². The number of pyridine rings is 2. The van der Waals surface area contributed by atoms with Crippen molar-refractivity contribution in [2.24, 2.45) is 0 Å². The summed E-state index contributed by atoms with van der Waals surface area (Å²) in [6.07, 6.45) is 2.98. The number of anilines is 1. The average Bonchev–Trinajstić information content (AvgIpc) is 2.44. The SMILES string of the molecule is O=C(NOCNc1cccc(F)n1)c1cccnc1. The van der Waals surface area contributed by atoms with E-state index in [4.69, 9.17) is 4.84 Å². The molecule has 0 saturated carbocycles. The maximum absolute atomic E-state index is 12.8. The van der Waals surface area contributed by atoms with Gasteiger partial charge in [0, 0.05) is 12.4 Å². The van der Waals surface area contributed by atoms with E-state index in [0.717, 1.165) is 0 Å². The van der Waals surface area contributed by atoms with Crippen LogP contribution in [-0.4, -0.2) is 22.6 Å². The van der Waals surface area contributed by atoms with Crippen LogP contribution < -0.4 is 10.8 Å². The lowest BCUT2D eigenvalue weighted by Gasteiger charge is -2.07. The number of nitrogens with one attached hydrogen (secondary N) is 2. The van der Waals surface area contributed by atoms with Crippen molar-refractivity contribution in [3.8, 4) is 0 Å². The molecular formula is C12H11FN4O2. The van der Waals surface area contributed by atoms with Gasteiger partial charge >= 0.3 is 0 Å². The van der Waals surface area contributed by atoms with E-state index < -0.39 is 11.9 Å². The Kier molecular flexibility index (Phi) is 4.35. The second kappa shape index (κ2) is 6.41. The van der Waals surface area contributed by atoms with Crippen molar-refractivity contribution in [3.05, 3.63) is 54.2 Å². The first-order chi connectivity index (χ1) is 9.25. The van der Waals surface area contributed by atoms with Crippen LogP contribution in [0.25, 0.3) is 0 Å². The molecule has 0 aliphatic rings. The third kappa shape index (κ3) is 4.00. The van der Waals surface area contributed by atoms with Crippen molar-refractivity contribution in [1.29, 1.82) is 0 Å². The fourth-order valence-corrected chi connectivity index (χ4v) is 1.27. The molecule has 0 saturated heterocycles. The van der Waals surface area contributed by atoms with Crippen LogP contribution in [-0.2, 0) is 4.84 Å². The Hall–Kier alpha value is -2.54. The Morgan fingerprint density at radius 3 is 2.95 bits per heavy atom. The predicted molar refractivity (Wildman–Crippen MR) is 65.5 cm³/mol. The quantitative estimate of drug-likeness (QED) is 0.368. The van der Waals surface area contributed by atoms with Crippen LogP contribution in [0.3, 0.4) is 0 Å². The Labute approximate surface area is 108 Å². The molecule has 2 rings (SSSR count). The third-order valence-electron chi connectivity index (χ3n) is 2.13. The molecule has 2 aromatic rings. The van der Waals surface area contributed by atoms with Gasteiger partial charge in [0.25, 0.3) is 5.91 Å². The number of hydroxylamine groups is 1. The summed E-state index contributed by atoms with van der Waals surface area (Å²) in [4.78, 5) is 23.8. The number of halogens is 1. The molecule has 19 heavy (non-hydrogen) atoms. The lowest BCUT2D eigenvalue weighted by molar-refractivity contribution is 0.0382. The predicted octanol–water partition coefficient (Wildman–Crippen LogP) is 1.35. The number of carbonyl (C=O) groups is 1. The van der Waals surface area contributed by atoms with Gasteiger partial charge in [-0.25, -0.2) is 10.5 Å². The fourth-order valence-electron chi connectivity index (χ4n) is 1.27. The van der Waals surface area contributed by atoms with Gasteiger partial charge in [0.1, 0.15) is 12.5 Å². The molecule has 7 heteroatoms. The van der Waals surface area contributed by atoms with Crippen molar-refractivity contribution in [1.82, 2.24) is 15.4 Å². The van der Waals surface area contributed by atoms with Crippen molar-refractivity contribution in [2.75, 3.05) is 12.0 Å². The Morgan fingerprint density at radius 1 is 1.32 bits per heavy atom. The summed E-state index contributed by atoms with van der Waals surface area (Å²) in [6, 6.07) is 7.57. The van der Waals surface area contributed by atoms with Crippen molar-refractivity contribution in [2.45, 2.75) is 0 Å². The molecule has 0 radical (unpaired) electrons. The van der Waals surface area contributed by atoms with Gasteiger partial charge in [-0.3, -0.25) is 14.6 Å². The maximum Gasteiger partial charge on any atom is 0.276 e. The largest absolute Gasteiger partial charge is 0.345 e. The van der Waals surface area contributed by atoms with Crippen molar-refractivity contribution < 1.29 is 14.0 Å². The van der Waals surface area contributed by atoms with Gasteiger partial charge in [-0.1, -0.05) is 6.07 Å². The lowest BCUT2D eigenvalue weighted by Crippen LogP contribution is -2.26. The van der Waals surface area contributed by atoms with E-state index in [0.29, 0.717) is 11.4 Å². The number of nitrogens with zero attached hydrogens (tertiary/aromatic N) is 2.